The number of halogens is 1. The molecule has 3 rings (SSSR count). The van der Waals surface area contributed by atoms with E-state index in [9.17, 15) is 13.5 Å². The maximum atomic E-state index is 12.3. The summed E-state index contributed by atoms with van der Waals surface area (Å²) in [6.45, 7) is 0.622. The highest BCUT2D eigenvalue weighted by Gasteiger charge is 2.20. The number of thiophene rings is 1. The first-order valence-corrected chi connectivity index (χ1v) is 10.4. The van der Waals surface area contributed by atoms with Crippen LogP contribution in [0.15, 0.2) is 26.3 Å². The number of nitrogens with one attached hydrogen (secondary N) is 3. The molecule has 0 saturated carbocycles. The molecule has 1 unspecified atom stereocenters. The molecule has 130 valence electrons. The number of aromatic nitrogens is 2. The first-order valence-electron chi connectivity index (χ1n) is 7.20. The van der Waals surface area contributed by atoms with Crippen molar-refractivity contribution in [3.63, 3.8) is 0 Å². The number of hydrogen-bond donors (Lipinski definition) is 4. The molecule has 0 radical (unpaired) electrons. The lowest BCUT2D eigenvalue weighted by Gasteiger charge is -2.16. The second-order valence-corrected chi connectivity index (χ2v) is 9.04. The Kier molecular flexibility index (Phi) is 5.35. The summed E-state index contributed by atoms with van der Waals surface area (Å²) in [7, 11) is -3.60. The van der Waals surface area contributed by atoms with Gasteiger partial charge in [0.2, 0.25) is 16.0 Å². The lowest BCUT2D eigenvalue weighted by atomic mass is 10.1. The highest BCUT2D eigenvalue weighted by atomic mass is 79.9. The first kappa shape index (κ1) is 17.5. The Balaban J connectivity index is 1.95. The van der Waals surface area contributed by atoms with Crippen LogP contribution in [0.25, 0.3) is 0 Å². The monoisotopic (exact) mass is 433 g/mol. The van der Waals surface area contributed by atoms with E-state index in [1.54, 1.807) is 11.6 Å². The molecule has 0 spiro atoms. The molecular formula is C13H16BrN5O3S2. The van der Waals surface area contributed by atoms with E-state index in [0.29, 0.717) is 30.4 Å². The van der Waals surface area contributed by atoms with Crippen LogP contribution in [0, 0.1) is 5.92 Å². The lowest BCUT2D eigenvalue weighted by Crippen LogP contribution is -2.31. The number of sulfonamides is 1. The van der Waals surface area contributed by atoms with Crippen molar-refractivity contribution in [3.05, 3.63) is 22.1 Å². The molecule has 4 N–H and O–H groups in total. The number of fused-ring (bicyclic) bond motifs is 4. The van der Waals surface area contributed by atoms with Gasteiger partial charge in [0, 0.05) is 31.3 Å². The van der Waals surface area contributed by atoms with Gasteiger partial charge in [-0.15, -0.1) is 11.3 Å². The summed E-state index contributed by atoms with van der Waals surface area (Å²) < 4.78 is 28.1. The van der Waals surface area contributed by atoms with Crippen molar-refractivity contribution < 1.29 is 13.5 Å². The summed E-state index contributed by atoms with van der Waals surface area (Å²) in [4.78, 5) is 8.55. The summed E-state index contributed by atoms with van der Waals surface area (Å²) >= 11 is 4.50. The summed E-state index contributed by atoms with van der Waals surface area (Å²) in [5.74, 6) is 0.816. The second-order valence-electron chi connectivity index (χ2n) is 5.29. The van der Waals surface area contributed by atoms with E-state index in [1.165, 1.54) is 6.07 Å². The molecule has 0 fully saturated rings. The minimum atomic E-state index is -3.60. The maximum Gasteiger partial charge on any atom is 0.250 e. The molecule has 11 heteroatoms. The van der Waals surface area contributed by atoms with Crippen LogP contribution in [-0.4, -0.2) is 43.2 Å². The minimum Gasteiger partial charge on any atom is -0.396 e. The Morgan fingerprint density at radius 1 is 1.46 bits per heavy atom. The van der Waals surface area contributed by atoms with Crippen molar-refractivity contribution in [2.24, 2.45) is 5.92 Å². The fourth-order valence-electron chi connectivity index (χ4n) is 2.15. The third-order valence-corrected chi connectivity index (χ3v) is 6.95. The van der Waals surface area contributed by atoms with E-state index in [-0.39, 0.29) is 23.3 Å². The molecule has 1 aliphatic rings. The predicted molar refractivity (Wildman–Crippen MR) is 96.2 cm³/mol. The number of anilines is 3. The van der Waals surface area contributed by atoms with E-state index >= 15 is 0 Å². The van der Waals surface area contributed by atoms with Crippen LogP contribution in [0.2, 0.25) is 0 Å². The average molecular weight is 434 g/mol. The van der Waals surface area contributed by atoms with Crippen LogP contribution in [0.3, 0.4) is 0 Å². The van der Waals surface area contributed by atoms with Gasteiger partial charge in [0.15, 0.2) is 0 Å². The molecule has 1 aliphatic heterocycles. The normalized spacial score (nSPS) is 20.5. The number of nitrogens with zero attached hydrogens (tertiary/aromatic N) is 2. The largest absolute Gasteiger partial charge is 0.396 e. The molecule has 1 atom stereocenters. The predicted octanol–water partition coefficient (Wildman–Crippen LogP) is 1.75. The quantitative estimate of drug-likeness (QED) is 0.540. The topological polar surface area (TPSA) is 116 Å². The summed E-state index contributed by atoms with van der Waals surface area (Å²) in [5.41, 5.74) is 0.601. The van der Waals surface area contributed by atoms with Crippen molar-refractivity contribution in [2.75, 3.05) is 30.3 Å². The Morgan fingerprint density at radius 2 is 2.29 bits per heavy atom. The standard InChI is InChI=1S/C13H16BrN5O3S2/c14-10-5-16-13-18-9-3-11(23-7-9)24(21,22)17-4-8(6-20)1-2-15-12(10)19-13/h3,5,7-8,17,20H,1-2,4,6H2,(H2,15,16,18,19). The van der Waals surface area contributed by atoms with Gasteiger partial charge in [-0.2, -0.15) is 4.98 Å². The Bertz CT molecular complexity index is 827. The molecule has 2 aromatic heterocycles. The van der Waals surface area contributed by atoms with Gasteiger partial charge in [0.05, 0.1) is 10.2 Å². The zero-order valence-electron chi connectivity index (χ0n) is 12.5. The van der Waals surface area contributed by atoms with Gasteiger partial charge in [-0.05, 0) is 34.3 Å². The van der Waals surface area contributed by atoms with Gasteiger partial charge >= 0.3 is 0 Å². The molecule has 0 amide bonds. The van der Waals surface area contributed by atoms with E-state index < -0.39 is 10.0 Å². The number of rotatable bonds is 1. The summed E-state index contributed by atoms with van der Waals surface area (Å²) in [5, 5.41) is 17.3. The molecule has 4 bridgehead atoms. The third kappa shape index (κ3) is 4.03. The first-order chi connectivity index (χ1) is 11.5. The van der Waals surface area contributed by atoms with E-state index in [4.69, 9.17) is 0 Å². The zero-order valence-corrected chi connectivity index (χ0v) is 15.7. The Morgan fingerprint density at radius 3 is 3.08 bits per heavy atom. The zero-order chi connectivity index (χ0) is 17.2. The minimum absolute atomic E-state index is 0.0996. The lowest BCUT2D eigenvalue weighted by molar-refractivity contribution is 0.222. The van der Waals surface area contributed by atoms with Crippen LogP contribution in [0.5, 0.6) is 0 Å². The van der Waals surface area contributed by atoms with Crippen molar-refractivity contribution in [1.29, 1.82) is 0 Å². The molecule has 0 aliphatic carbocycles. The fraction of sp³-hybridized carbons (Fsp3) is 0.385. The Hall–Kier alpha value is -1.27. The molecule has 2 aromatic rings. The smallest absolute Gasteiger partial charge is 0.250 e. The molecular weight excluding hydrogens is 418 g/mol. The van der Waals surface area contributed by atoms with Crippen molar-refractivity contribution in [3.8, 4) is 0 Å². The van der Waals surface area contributed by atoms with Crippen molar-refractivity contribution >= 4 is 54.7 Å². The van der Waals surface area contributed by atoms with Crippen molar-refractivity contribution in [2.45, 2.75) is 10.6 Å². The third-order valence-electron chi connectivity index (χ3n) is 3.51. The van der Waals surface area contributed by atoms with E-state index in [0.717, 1.165) is 15.8 Å². The second kappa shape index (κ2) is 7.31. The van der Waals surface area contributed by atoms with Gasteiger partial charge in [0.25, 0.3) is 0 Å². The van der Waals surface area contributed by atoms with Crippen molar-refractivity contribution in [1.82, 2.24) is 14.7 Å². The molecule has 0 saturated heterocycles. The van der Waals surface area contributed by atoms with Crippen LogP contribution in [-0.2, 0) is 10.0 Å². The molecule has 3 heterocycles. The SMILES string of the molecule is O=S1(=O)NCC(CO)CCNc2nc(ncc2Br)Nc2csc1c2. The van der Waals surface area contributed by atoms with E-state index in [2.05, 4.69) is 41.3 Å². The number of hydrogen-bond acceptors (Lipinski definition) is 8. The highest BCUT2D eigenvalue weighted by Crippen LogP contribution is 2.27. The van der Waals surface area contributed by atoms with Gasteiger partial charge in [0.1, 0.15) is 10.0 Å². The fourth-order valence-corrected chi connectivity index (χ4v) is 4.76. The van der Waals surface area contributed by atoms with Gasteiger partial charge in [-0.1, -0.05) is 0 Å². The van der Waals surface area contributed by atoms with E-state index in [1.807, 2.05) is 0 Å². The molecule has 24 heavy (non-hydrogen) atoms. The average Bonchev–Trinajstić information content (AvgIpc) is 3.02. The van der Waals surface area contributed by atoms with Crippen LogP contribution in [0.4, 0.5) is 17.5 Å². The van der Waals surface area contributed by atoms with Crippen LogP contribution >= 0.6 is 27.3 Å². The summed E-state index contributed by atoms with van der Waals surface area (Å²) in [6.07, 6.45) is 2.21. The highest BCUT2D eigenvalue weighted by molar-refractivity contribution is 9.10. The van der Waals surface area contributed by atoms with Crippen LogP contribution in [0.1, 0.15) is 6.42 Å². The maximum absolute atomic E-state index is 12.3. The van der Waals surface area contributed by atoms with Gasteiger partial charge in [-0.25, -0.2) is 18.1 Å². The van der Waals surface area contributed by atoms with Gasteiger partial charge in [-0.3, -0.25) is 0 Å². The summed E-state index contributed by atoms with van der Waals surface area (Å²) in [6, 6.07) is 1.53. The van der Waals surface area contributed by atoms with Crippen LogP contribution < -0.4 is 15.4 Å². The van der Waals surface area contributed by atoms with Gasteiger partial charge < -0.3 is 15.7 Å². The number of aliphatic hydroxyl groups is 1. The number of aliphatic hydroxyl groups excluding tert-OH is 1. The molecule has 8 nitrogen and oxygen atoms in total. The Labute approximate surface area is 151 Å². The molecule has 0 aromatic carbocycles.